The molecule has 0 radical (unpaired) electrons. The molecule has 0 saturated carbocycles. The normalized spacial score (nSPS) is 21.4. The van der Waals surface area contributed by atoms with Crippen molar-refractivity contribution in [2.45, 2.75) is 25.5 Å². The van der Waals surface area contributed by atoms with Crippen LogP contribution in [0, 0.1) is 0 Å². The second-order valence-electron chi connectivity index (χ2n) is 3.98. The standard InChI is InChI=1S/C11H12BrN3O/c12-9-5-13-6-10-8(9)7-15(14-10)11-3-1-2-4-16-11/h5-7,11H,1-4H2. The van der Waals surface area contributed by atoms with Gasteiger partial charge in [0.15, 0.2) is 0 Å². The van der Waals surface area contributed by atoms with Gasteiger partial charge in [0.05, 0.1) is 6.20 Å². The Morgan fingerprint density at radius 3 is 3.06 bits per heavy atom. The van der Waals surface area contributed by atoms with Crippen molar-refractivity contribution in [3.8, 4) is 0 Å². The first kappa shape index (κ1) is 10.2. The molecular weight excluding hydrogens is 270 g/mol. The van der Waals surface area contributed by atoms with Crippen molar-refractivity contribution in [1.29, 1.82) is 0 Å². The second kappa shape index (κ2) is 4.14. The Morgan fingerprint density at radius 1 is 1.38 bits per heavy atom. The topological polar surface area (TPSA) is 39.9 Å². The minimum Gasteiger partial charge on any atom is -0.357 e. The molecule has 0 aliphatic carbocycles. The number of nitrogens with zero attached hydrogens (tertiary/aromatic N) is 3. The van der Waals surface area contributed by atoms with Crippen LogP contribution in [0.25, 0.3) is 10.9 Å². The van der Waals surface area contributed by atoms with Crippen molar-refractivity contribution >= 4 is 26.8 Å². The van der Waals surface area contributed by atoms with E-state index >= 15 is 0 Å². The largest absolute Gasteiger partial charge is 0.357 e. The van der Waals surface area contributed by atoms with Gasteiger partial charge in [-0.15, -0.1) is 0 Å². The first-order chi connectivity index (χ1) is 7.84. The van der Waals surface area contributed by atoms with E-state index in [9.17, 15) is 0 Å². The van der Waals surface area contributed by atoms with E-state index in [0.29, 0.717) is 0 Å². The van der Waals surface area contributed by atoms with E-state index in [1.165, 1.54) is 6.42 Å². The third-order valence-corrected chi connectivity index (χ3v) is 3.49. The van der Waals surface area contributed by atoms with Gasteiger partial charge in [0.2, 0.25) is 0 Å². The first-order valence-corrected chi connectivity index (χ1v) is 6.24. The Bertz CT molecular complexity index is 505. The summed E-state index contributed by atoms with van der Waals surface area (Å²) in [7, 11) is 0. The molecule has 3 heterocycles. The van der Waals surface area contributed by atoms with Gasteiger partial charge in [-0.25, -0.2) is 4.68 Å². The summed E-state index contributed by atoms with van der Waals surface area (Å²) in [6.07, 6.45) is 9.09. The summed E-state index contributed by atoms with van der Waals surface area (Å²) in [6, 6.07) is 0. The first-order valence-electron chi connectivity index (χ1n) is 5.44. The van der Waals surface area contributed by atoms with E-state index in [4.69, 9.17) is 4.74 Å². The van der Waals surface area contributed by atoms with Crippen molar-refractivity contribution in [3.05, 3.63) is 23.1 Å². The van der Waals surface area contributed by atoms with Crippen LogP contribution in [0.1, 0.15) is 25.5 Å². The minimum atomic E-state index is 0.0908. The fourth-order valence-electron chi connectivity index (χ4n) is 2.01. The zero-order valence-electron chi connectivity index (χ0n) is 8.77. The molecule has 1 aliphatic rings. The number of hydrogen-bond acceptors (Lipinski definition) is 3. The number of ether oxygens (including phenoxy) is 1. The lowest BCUT2D eigenvalue weighted by molar-refractivity contribution is -0.0390. The highest BCUT2D eigenvalue weighted by molar-refractivity contribution is 9.10. The Labute approximate surface area is 102 Å². The molecule has 5 heteroatoms. The highest BCUT2D eigenvalue weighted by Gasteiger charge is 2.17. The van der Waals surface area contributed by atoms with Crippen LogP contribution in [0.2, 0.25) is 0 Å². The number of pyridine rings is 1. The molecule has 0 amide bonds. The van der Waals surface area contributed by atoms with Gasteiger partial charge < -0.3 is 4.74 Å². The summed E-state index contributed by atoms with van der Waals surface area (Å²) in [5.74, 6) is 0. The van der Waals surface area contributed by atoms with Crippen molar-refractivity contribution in [1.82, 2.24) is 14.8 Å². The third kappa shape index (κ3) is 1.74. The van der Waals surface area contributed by atoms with Crippen LogP contribution in [-0.4, -0.2) is 21.4 Å². The van der Waals surface area contributed by atoms with E-state index in [2.05, 4.69) is 26.0 Å². The maximum absolute atomic E-state index is 5.70. The lowest BCUT2D eigenvalue weighted by Gasteiger charge is -2.22. The molecule has 4 nitrogen and oxygen atoms in total. The van der Waals surface area contributed by atoms with E-state index in [-0.39, 0.29) is 6.23 Å². The molecule has 1 fully saturated rings. The molecule has 0 spiro atoms. The summed E-state index contributed by atoms with van der Waals surface area (Å²) in [6.45, 7) is 0.834. The van der Waals surface area contributed by atoms with E-state index in [0.717, 1.165) is 34.8 Å². The van der Waals surface area contributed by atoms with Gasteiger partial charge in [-0.2, -0.15) is 5.10 Å². The van der Waals surface area contributed by atoms with Gasteiger partial charge in [0.25, 0.3) is 0 Å². The van der Waals surface area contributed by atoms with E-state index in [1.54, 1.807) is 12.4 Å². The van der Waals surface area contributed by atoms with Crippen molar-refractivity contribution in [3.63, 3.8) is 0 Å². The van der Waals surface area contributed by atoms with Gasteiger partial charge in [-0.1, -0.05) is 0 Å². The molecule has 84 valence electrons. The summed E-state index contributed by atoms with van der Waals surface area (Å²) in [5, 5.41) is 5.58. The maximum Gasteiger partial charge on any atom is 0.150 e. The van der Waals surface area contributed by atoms with Gasteiger partial charge >= 0.3 is 0 Å². The second-order valence-corrected chi connectivity index (χ2v) is 4.84. The molecule has 2 aromatic heterocycles. The number of hydrogen-bond donors (Lipinski definition) is 0. The molecule has 0 aromatic carbocycles. The lowest BCUT2D eigenvalue weighted by Crippen LogP contribution is -2.18. The maximum atomic E-state index is 5.70. The zero-order chi connectivity index (χ0) is 11.0. The summed E-state index contributed by atoms with van der Waals surface area (Å²) >= 11 is 3.48. The lowest BCUT2D eigenvalue weighted by atomic mass is 10.2. The molecule has 16 heavy (non-hydrogen) atoms. The van der Waals surface area contributed by atoms with Gasteiger partial charge in [0, 0.05) is 28.9 Å². The van der Waals surface area contributed by atoms with Crippen molar-refractivity contribution in [2.24, 2.45) is 0 Å². The molecule has 1 aliphatic heterocycles. The fourth-order valence-corrected chi connectivity index (χ4v) is 2.43. The van der Waals surface area contributed by atoms with E-state index < -0.39 is 0 Å². The van der Waals surface area contributed by atoms with Crippen LogP contribution in [-0.2, 0) is 4.74 Å². The van der Waals surface area contributed by atoms with Crippen LogP contribution in [0.15, 0.2) is 23.1 Å². The summed E-state index contributed by atoms with van der Waals surface area (Å²) in [4.78, 5) is 4.11. The zero-order valence-corrected chi connectivity index (χ0v) is 10.4. The molecule has 1 unspecified atom stereocenters. The summed E-state index contributed by atoms with van der Waals surface area (Å²) < 4.78 is 8.59. The Balaban J connectivity index is 2.01. The summed E-state index contributed by atoms with van der Waals surface area (Å²) in [5.41, 5.74) is 0.906. The quantitative estimate of drug-likeness (QED) is 0.807. The number of aromatic nitrogens is 3. The van der Waals surface area contributed by atoms with Crippen molar-refractivity contribution in [2.75, 3.05) is 6.61 Å². The molecular formula is C11H12BrN3O. The third-order valence-electron chi connectivity index (χ3n) is 2.85. The molecule has 2 aromatic rings. The van der Waals surface area contributed by atoms with Gasteiger partial charge in [-0.3, -0.25) is 4.98 Å². The fraction of sp³-hybridized carbons (Fsp3) is 0.455. The molecule has 1 atom stereocenters. The van der Waals surface area contributed by atoms with Crippen LogP contribution in [0.5, 0.6) is 0 Å². The highest BCUT2D eigenvalue weighted by Crippen LogP contribution is 2.26. The predicted octanol–water partition coefficient (Wildman–Crippen LogP) is 2.89. The van der Waals surface area contributed by atoms with Gasteiger partial charge in [-0.05, 0) is 35.2 Å². The molecule has 0 bridgehead atoms. The molecule has 3 rings (SSSR count). The monoisotopic (exact) mass is 281 g/mol. The number of halogens is 1. The van der Waals surface area contributed by atoms with Gasteiger partial charge in [0.1, 0.15) is 11.7 Å². The SMILES string of the molecule is Brc1cncc2nn(C3CCCCO3)cc12. The number of rotatable bonds is 1. The Kier molecular flexibility index (Phi) is 2.65. The average Bonchev–Trinajstić information content (AvgIpc) is 2.76. The highest BCUT2D eigenvalue weighted by atomic mass is 79.9. The van der Waals surface area contributed by atoms with Crippen LogP contribution < -0.4 is 0 Å². The Morgan fingerprint density at radius 2 is 2.31 bits per heavy atom. The van der Waals surface area contributed by atoms with Crippen molar-refractivity contribution < 1.29 is 4.74 Å². The molecule has 0 N–H and O–H groups in total. The van der Waals surface area contributed by atoms with Crippen LogP contribution in [0.3, 0.4) is 0 Å². The van der Waals surface area contributed by atoms with Crippen LogP contribution in [0.4, 0.5) is 0 Å². The van der Waals surface area contributed by atoms with E-state index in [1.807, 2.05) is 10.9 Å². The average molecular weight is 282 g/mol. The molecule has 1 saturated heterocycles. The smallest absolute Gasteiger partial charge is 0.150 e. The predicted molar refractivity (Wildman–Crippen MR) is 64.1 cm³/mol. The van der Waals surface area contributed by atoms with Crippen LogP contribution >= 0.6 is 15.9 Å². The minimum absolute atomic E-state index is 0.0908. The number of fused-ring (bicyclic) bond motifs is 1. The Hall–Kier alpha value is -0.940.